The molecule has 0 fully saturated rings. The number of rotatable bonds is 10. The number of nitrogens with zero attached hydrogens (tertiary/aromatic N) is 1. The zero-order chi connectivity index (χ0) is 22.9. The van der Waals surface area contributed by atoms with Crippen molar-refractivity contribution in [1.82, 2.24) is 4.90 Å². The molecular weight excluding hydrogens is 422 g/mol. The molecule has 0 aliphatic carbocycles. The Morgan fingerprint density at radius 1 is 0.969 bits per heavy atom. The normalized spacial score (nSPS) is 11.7. The van der Waals surface area contributed by atoms with Gasteiger partial charge in [-0.25, -0.2) is 0 Å². The number of hydrogen-bond donors (Lipinski definition) is 1. The molecule has 0 bridgehead atoms. The standard InChI is InChI=1S/C26H29NO4S/c1-3-15-27(16-17-28)26(29)23-12-8-7-11-22(23)24-18-21(32(2)30)13-14-25(24)31-19-20-9-5-4-6-10-20/h4-14,18,28H,3,15-17,19H2,1-2H3. The first-order valence-corrected chi connectivity index (χ1v) is 12.2. The Morgan fingerprint density at radius 3 is 2.38 bits per heavy atom. The molecule has 32 heavy (non-hydrogen) atoms. The highest BCUT2D eigenvalue weighted by atomic mass is 32.2. The Kier molecular flexibility index (Phi) is 8.59. The summed E-state index contributed by atoms with van der Waals surface area (Å²) < 4.78 is 18.3. The third kappa shape index (κ3) is 5.84. The van der Waals surface area contributed by atoms with Gasteiger partial charge in [-0.3, -0.25) is 9.00 Å². The van der Waals surface area contributed by atoms with Gasteiger partial charge in [0.1, 0.15) is 12.4 Å². The molecule has 3 aromatic carbocycles. The van der Waals surface area contributed by atoms with Gasteiger partial charge in [-0.05, 0) is 41.8 Å². The molecule has 0 aromatic heterocycles. The molecule has 0 aliphatic rings. The van der Waals surface area contributed by atoms with Crippen LogP contribution in [0, 0.1) is 0 Å². The lowest BCUT2D eigenvalue weighted by molar-refractivity contribution is 0.0722. The summed E-state index contributed by atoms with van der Waals surface area (Å²) in [5.74, 6) is 0.473. The Labute approximate surface area is 192 Å². The molecule has 0 radical (unpaired) electrons. The van der Waals surface area contributed by atoms with E-state index in [2.05, 4.69) is 0 Å². The third-order valence-corrected chi connectivity index (χ3v) is 6.04. The maximum absolute atomic E-state index is 13.3. The second-order valence-electron chi connectivity index (χ2n) is 7.45. The molecule has 1 amide bonds. The first kappa shape index (κ1) is 23.7. The monoisotopic (exact) mass is 451 g/mol. The summed E-state index contributed by atoms with van der Waals surface area (Å²) in [6.45, 7) is 3.12. The molecule has 0 saturated carbocycles. The number of hydrogen-bond acceptors (Lipinski definition) is 4. The van der Waals surface area contributed by atoms with E-state index >= 15 is 0 Å². The summed E-state index contributed by atoms with van der Waals surface area (Å²) in [5.41, 5.74) is 2.99. The van der Waals surface area contributed by atoms with Crippen molar-refractivity contribution in [1.29, 1.82) is 0 Å². The fraction of sp³-hybridized carbons (Fsp3) is 0.269. The lowest BCUT2D eigenvalue weighted by atomic mass is 9.97. The zero-order valence-corrected chi connectivity index (χ0v) is 19.3. The molecular formula is C26H29NO4S. The van der Waals surface area contributed by atoms with E-state index in [4.69, 9.17) is 4.74 Å². The number of amides is 1. The highest BCUT2D eigenvalue weighted by Gasteiger charge is 2.21. The molecule has 3 rings (SSSR count). The van der Waals surface area contributed by atoms with Crippen LogP contribution in [-0.2, 0) is 17.4 Å². The molecule has 0 aliphatic heterocycles. The lowest BCUT2D eigenvalue weighted by Gasteiger charge is -2.23. The van der Waals surface area contributed by atoms with Crippen LogP contribution in [0.4, 0.5) is 0 Å². The zero-order valence-electron chi connectivity index (χ0n) is 18.5. The van der Waals surface area contributed by atoms with Crippen molar-refractivity contribution in [2.45, 2.75) is 24.8 Å². The average Bonchev–Trinajstić information content (AvgIpc) is 2.82. The molecule has 1 N–H and O–H groups in total. The largest absolute Gasteiger partial charge is 0.488 e. The topological polar surface area (TPSA) is 66.8 Å². The van der Waals surface area contributed by atoms with Crippen LogP contribution in [0.25, 0.3) is 11.1 Å². The molecule has 5 nitrogen and oxygen atoms in total. The van der Waals surface area contributed by atoms with E-state index in [1.807, 2.05) is 67.6 Å². The van der Waals surface area contributed by atoms with Crippen molar-refractivity contribution < 1.29 is 18.8 Å². The van der Waals surface area contributed by atoms with E-state index in [0.29, 0.717) is 34.9 Å². The van der Waals surface area contributed by atoms with Crippen LogP contribution in [0.5, 0.6) is 5.75 Å². The number of carbonyl (C=O) groups is 1. The van der Waals surface area contributed by atoms with Crippen molar-refractivity contribution in [3.63, 3.8) is 0 Å². The smallest absolute Gasteiger partial charge is 0.254 e. The second-order valence-corrected chi connectivity index (χ2v) is 8.83. The highest BCUT2D eigenvalue weighted by Crippen LogP contribution is 2.35. The molecule has 6 heteroatoms. The number of carbonyl (C=O) groups excluding carboxylic acids is 1. The van der Waals surface area contributed by atoms with Crippen molar-refractivity contribution in [3.8, 4) is 16.9 Å². The third-order valence-electron chi connectivity index (χ3n) is 5.12. The Morgan fingerprint density at radius 2 is 1.69 bits per heavy atom. The molecule has 1 atom stereocenters. The number of benzene rings is 3. The highest BCUT2D eigenvalue weighted by molar-refractivity contribution is 7.84. The Hall–Kier alpha value is -2.96. The summed E-state index contributed by atoms with van der Waals surface area (Å²) in [7, 11) is -1.18. The Balaban J connectivity index is 2.04. The minimum absolute atomic E-state index is 0.0936. The van der Waals surface area contributed by atoms with Gasteiger partial charge in [-0.2, -0.15) is 0 Å². The van der Waals surface area contributed by atoms with Gasteiger partial charge in [0.25, 0.3) is 5.91 Å². The van der Waals surface area contributed by atoms with Crippen LogP contribution in [0.3, 0.4) is 0 Å². The molecule has 0 spiro atoms. The van der Waals surface area contributed by atoms with Crippen LogP contribution in [0.15, 0.2) is 77.7 Å². The number of ether oxygens (including phenoxy) is 1. The quantitative estimate of drug-likeness (QED) is 0.492. The van der Waals surface area contributed by atoms with Crippen molar-refractivity contribution in [2.75, 3.05) is 26.0 Å². The first-order chi connectivity index (χ1) is 15.5. The summed E-state index contributed by atoms with van der Waals surface area (Å²) >= 11 is 0. The van der Waals surface area contributed by atoms with Crippen molar-refractivity contribution in [3.05, 3.63) is 83.9 Å². The van der Waals surface area contributed by atoms with E-state index in [1.54, 1.807) is 23.3 Å². The summed E-state index contributed by atoms with van der Waals surface area (Å²) in [4.78, 5) is 15.7. The van der Waals surface area contributed by atoms with Crippen molar-refractivity contribution in [2.24, 2.45) is 0 Å². The Bertz CT molecular complexity index is 1060. The van der Waals surface area contributed by atoms with Crippen LogP contribution < -0.4 is 4.74 Å². The van der Waals surface area contributed by atoms with Gasteiger partial charge in [0.05, 0.1) is 6.61 Å². The van der Waals surface area contributed by atoms with Crippen LogP contribution >= 0.6 is 0 Å². The van der Waals surface area contributed by atoms with Crippen LogP contribution in [-0.4, -0.2) is 46.1 Å². The minimum Gasteiger partial charge on any atom is -0.488 e. The van der Waals surface area contributed by atoms with E-state index in [1.165, 1.54) is 0 Å². The summed E-state index contributed by atoms with van der Waals surface area (Å²) in [6, 6.07) is 22.7. The maximum Gasteiger partial charge on any atom is 0.254 e. The number of aliphatic hydroxyl groups is 1. The maximum atomic E-state index is 13.3. The van der Waals surface area contributed by atoms with Gasteiger partial charge in [-0.1, -0.05) is 55.5 Å². The predicted molar refractivity (Wildman–Crippen MR) is 128 cm³/mol. The molecule has 1 unspecified atom stereocenters. The molecule has 0 saturated heterocycles. The fourth-order valence-corrected chi connectivity index (χ4v) is 4.08. The predicted octanol–water partition coefficient (Wildman–Crippen LogP) is 4.51. The summed E-state index contributed by atoms with van der Waals surface area (Å²) in [5, 5.41) is 9.42. The van der Waals surface area contributed by atoms with Crippen LogP contribution in [0.2, 0.25) is 0 Å². The SMILES string of the molecule is CCCN(CCO)C(=O)c1ccccc1-c1cc(S(C)=O)ccc1OCc1ccccc1. The second kappa shape index (κ2) is 11.6. The van der Waals surface area contributed by atoms with E-state index in [9.17, 15) is 14.1 Å². The molecule has 168 valence electrons. The summed E-state index contributed by atoms with van der Waals surface area (Å²) in [6.07, 6.45) is 2.43. The van der Waals surface area contributed by atoms with E-state index in [-0.39, 0.29) is 19.1 Å². The number of aliphatic hydroxyl groups excluding tert-OH is 1. The van der Waals surface area contributed by atoms with Gasteiger partial charge >= 0.3 is 0 Å². The van der Waals surface area contributed by atoms with Crippen LogP contribution in [0.1, 0.15) is 29.3 Å². The van der Waals surface area contributed by atoms with Gasteiger partial charge in [0.15, 0.2) is 0 Å². The van der Waals surface area contributed by atoms with Crippen molar-refractivity contribution >= 4 is 16.7 Å². The van der Waals surface area contributed by atoms with Gasteiger partial charge in [0, 0.05) is 46.2 Å². The fourth-order valence-electron chi connectivity index (χ4n) is 3.54. The van der Waals surface area contributed by atoms with Gasteiger partial charge < -0.3 is 14.7 Å². The minimum atomic E-state index is -1.18. The molecule has 0 heterocycles. The van der Waals surface area contributed by atoms with Gasteiger partial charge in [0.2, 0.25) is 0 Å². The van der Waals surface area contributed by atoms with E-state index < -0.39 is 10.8 Å². The first-order valence-electron chi connectivity index (χ1n) is 10.7. The lowest BCUT2D eigenvalue weighted by Crippen LogP contribution is -2.34. The average molecular weight is 452 g/mol. The molecule has 3 aromatic rings. The van der Waals surface area contributed by atoms with E-state index in [0.717, 1.165) is 17.5 Å². The van der Waals surface area contributed by atoms with Gasteiger partial charge in [-0.15, -0.1) is 0 Å².